The highest BCUT2D eigenvalue weighted by molar-refractivity contribution is 8.00. The van der Waals surface area contributed by atoms with Crippen LogP contribution in [-0.2, 0) is 11.3 Å². The molecule has 0 saturated carbocycles. The Morgan fingerprint density at radius 3 is 2.44 bits per heavy atom. The molecule has 5 nitrogen and oxygen atoms in total. The highest BCUT2D eigenvalue weighted by Crippen LogP contribution is 2.37. The van der Waals surface area contributed by atoms with Gasteiger partial charge in [-0.15, -0.1) is 0 Å². The average Bonchev–Trinajstić information content (AvgIpc) is 3.00. The molecule has 0 radical (unpaired) electrons. The number of carbonyl (C=O) groups excluding carboxylic acids is 2. The van der Waals surface area contributed by atoms with Crippen molar-refractivity contribution in [3.05, 3.63) is 65.9 Å². The van der Waals surface area contributed by atoms with E-state index in [0.717, 1.165) is 26.9 Å². The van der Waals surface area contributed by atoms with Gasteiger partial charge in [0.1, 0.15) is 6.54 Å². The van der Waals surface area contributed by atoms with E-state index in [1.807, 2.05) is 24.3 Å². The van der Waals surface area contributed by atoms with Gasteiger partial charge in [-0.1, -0.05) is 26.0 Å². The summed E-state index contributed by atoms with van der Waals surface area (Å²) in [6, 6.07) is 12.4. The molecule has 0 unspecified atom stereocenters. The third-order valence-electron chi connectivity index (χ3n) is 5.23. The van der Waals surface area contributed by atoms with Crippen molar-refractivity contribution in [1.29, 1.82) is 0 Å². The van der Waals surface area contributed by atoms with Gasteiger partial charge in [0, 0.05) is 23.0 Å². The molecule has 1 aliphatic rings. The van der Waals surface area contributed by atoms with Crippen molar-refractivity contribution in [1.82, 2.24) is 9.88 Å². The molecule has 0 aliphatic carbocycles. The maximum absolute atomic E-state index is 13.0. The molecule has 4 rings (SSSR count). The number of nitrogens with zero attached hydrogens (tertiary/aromatic N) is 3. The third kappa shape index (κ3) is 4.43. The third-order valence-corrected chi connectivity index (χ3v) is 5.97. The summed E-state index contributed by atoms with van der Waals surface area (Å²) in [6.07, 6.45) is 1.68. The van der Waals surface area contributed by atoms with E-state index in [9.17, 15) is 22.8 Å². The molecule has 1 fully saturated rings. The zero-order valence-electron chi connectivity index (χ0n) is 17.4. The minimum atomic E-state index is -4.40. The number of halogens is 3. The van der Waals surface area contributed by atoms with Crippen LogP contribution in [-0.4, -0.2) is 33.9 Å². The number of amides is 3. The maximum atomic E-state index is 13.0. The number of aromatic nitrogens is 1. The molecule has 0 N–H and O–H groups in total. The molecule has 166 valence electrons. The van der Waals surface area contributed by atoms with Crippen molar-refractivity contribution in [3.8, 4) is 0 Å². The summed E-state index contributed by atoms with van der Waals surface area (Å²) < 4.78 is 37.6. The lowest BCUT2D eigenvalue weighted by Gasteiger charge is -2.20. The van der Waals surface area contributed by atoms with E-state index in [2.05, 4.69) is 18.8 Å². The van der Waals surface area contributed by atoms with Gasteiger partial charge in [-0.05, 0) is 65.2 Å². The molecule has 0 atom stereocenters. The first kappa shape index (κ1) is 22.1. The summed E-state index contributed by atoms with van der Waals surface area (Å²) in [5, 5.41) is 0.970. The van der Waals surface area contributed by atoms with E-state index >= 15 is 0 Å². The van der Waals surface area contributed by atoms with Gasteiger partial charge >= 0.3 is 11.5 Å². The van der Waals surface area contributed by atoms with Crippen molar-refractivity contribution in [2.75, 3.05) is 11.4 Å². The van der Waals surface area contributed by atoms with Crippen LogP contribution in [0.25, 0.3) is 10.9 Å². The molecule has 1 aromatic heterocycles. The van der Waals surface area contributed by atoms with Crippen molar-refractivity contribution in [3.63, 3.8) is 0 Å². The smallest absolute Gasteiger partial charge is 0.310 e. The van der Waals surface area contributed by atoms with E-state index in [0.29, 0.717) is 0 Å². The zero-order valence-corrected chi connectivity index (χ0v) is 18.2. The number of rotatable bonds is 5. The monoisotopic (exact) mass is 459 g/mol. The Balaban J connectivity index is 1.59. The second-order valence-corrected chi connectivity index (χ2v) is 8.91. The number of fused-ring (bicyclic) bond motifs is 1. The number of hydrogen-bond acceptors (Lipinski definition) is 4. The molecule has 1 saturated heterocycles. The number of benzene rings is 2. The number of hydrogen-bond donors (Lipinski definition) is 0. The van der Waals surface area contributed by atoms with Gasteiger partial charge in [-0.3, -0.25) is 9.78 Å². The fourth-order valence-corrected chi connectivity index (χ4v) is 4.39. The largest absolute Gasteiger partial charge is 0.446 e. The van der Waals surface area contributed by atoms with Gasteiger partial charge in [-0.2, -0.15) is 13.2 Å². The number of anilines is 1. The van der Waals surface area contributed by atoms with Crippen molar-refractivity contribution in [2.45, 2.75) is 36.7 Å². The summed E-state index contributed by atoms with van der Waals surface area (Å²) in [5.74, 6) is -0.171. The van der Waals surface area contributed by atoms with Crippen molar-refractivity contribution < 1.29 is 22.8 Å². The Morgan fingerprint density at radius 1 is 1.06 bits per heavy atom. The van der Waals surface area contributed by atoms with Gasteiger partial charge in [0.2, 0.25) is 0 Å². The number of alkyl halides is 3. The number of thioether (sulfide) groups is 1. The Bertz CT molecular complexity index is 1170. The minimum Gasteiger partial charge on any atom is -0.310 e. The number of pyridine rings is 1. The zero-order chi connectivity index (χ0) is 23.0. The van der Waals surface area contributed by atoms with Gasteiger partial charge < -0.3 is 4.90 Å². The van der Waals surface area contributed by atoms with Crippen LogP contribution >= 0.6 is 11.8 Å². The highest BCUT2D eigenvalue weighted by Gasteiger charge is 2.37. The first-order valence-corrected chi connectivity index (χ1v) is 10.8. The van der Waals surface area contributed by atoms with Crippen LogP contribution in [0, 0.1) is 0 Å². The molecule has 0 bridgehead atoms. The summed E-state index contributed by atoms with van der Waals surface area (Å²) in [7, 11) is 0. The molecule has 1 aliphatic heterocycles. The Kier molecular flexibility index (Phi) is 5.85. The normalized spacial score (nSPS) is 14.8. The van der Waals surface area contributed by atoms with Crippen LogP contribution in [0.15, 0.2) is 59.6 Å². The maximum Gasteiger partial charge on any atom is 0.446 e. The van der Waals surface area contributed by atoms with Crippen LogP contribution < -0.4 is 4.90 Å². The predicted octanol–water partition coefficient (Wildman–Crippen LogP) is 5.94. The van der Waals surface area contributed by atoms with E-state index in [-0.39, 0.29) is 41.4 Å². The molecule has 9 heteroatoms. The first-order chi connectivity index (χ1) is 15.1. The van der Waals surface area contributed by atoms with Gasteiger partial charge in [0.25, 0.3) is 5.91 Å². The average molecular weight is 459 g/mol. The van der Waals surface area contributed by atoms with Crippen LogP contribution in [0.3, 0.4) is 0 Å². The van der Waals surface area contributed by atoms with Crippen LogP contribution in [0.4, 0.5) is 23.7 Å². The van der Waals surface area contributed by atoms with E-state index in [1.165, 1.54) is 29.2 Å². The highest BCUT2D eigenvalue weighted by atomic mass is 32.2. The Morgan fingerprint density at radius 2 is 1.78 bits per heavy atom. The molecule has 3 aromatic rings. The number of imide groups is 1. The van der Waals surface area contributed by atoms with Gasteiger partial charge in [0.05, 0.1) is 11.2 Å². The lowest BCUT2D eigenvalue weighted by Crippen LogP contribution is -2.32. The second-order valence-electron chi connectivity index (χ2n) is 7.78. The summed E-state index contributed by atoms with van der Waals surface area (Å²) in [5.41, 5.74) is -1.34. The van der Waals surface area contributed by atoms with Crippen LogP contribution in [0.2, 0.25) is 0 Å². The SMILES string of the molecule is CC(C)c1cccc2nccc(CN3CC(=O)N(c4ccc(SC(F)(F)F)cc4)C3=O)c12. The lowest BCUT2D eigenvalue weighted by molar-refractivity contribution is -0.116. The molecule has 0 spiro atoms. The van der Waals surface area contributed by atoms with Crippen LogP contribution in [0.5, 0.6) is 0 Å². The minimum absolute atomic E-state index is 0.0123. The fourth-order valence-electron chi connectivity index (χ4n) is 3.85. The summed E-state index contributed by atoms with van der Waals surface area (Å²) in [4.78, 5) is 32.5. The van der Waals surface area contributed by atoms with Crippen molar-refractivity contribution >= 4 is 40.3 Å². The van der Waals surface area contributed by atoms with E-state index in [1.54, 1.807) is 6.20 Å². The van der Waals surface area contributed by atoms with Crippen LogP contribution in [0.1, 0.15) is 30.9 Å². The van der Waals surface area contributed by atoms with E-state index in [4.69, 9.17) is 0 Å². The molecule has 3 amide bonds. The quantitative estimate of drug-likeness (QED) is 0.350. The van der Waals surface area contributed by atoms with E-state index < -0.39 is 17.4 Å². The molecule has 2 aromatic carbocycles. The fraction of sp³-hybridized carbons (Fsp3) is 0.261. The summed E-state index contributed by atoms with van der Waals surface area (Å²) >= 11 is -0.244. The number of urea groups is 1. The Hall–Kier alpha value is -3.07. The second kappa shape index (κ2) is 8.46. The topological polar surface area (TPSA) is 53.5 Å². The molecular weight excluding hydrogens is 439 g/mol. The number of carbonyl (C=O) groups is 2. The molecular formula is C23H20F3N3O2S. The molecule has 32 heavy (non-hydrogen) atoms. The standard InChI is InChI=1S/C23H20F3N3O2S/c1-14(2)18-4-3-5-19-21(18)15(10-11-27-19)12-28-13-20(30)29(22(28)31)16-6-8-17(9-7-16)32-23(24,25)26/h3-11,14H,12-13H2,1-2H3. The molecule has 2 heterocycles. The predicted molar refractivity (Wildman–Crippen MR) is 117 cm³/mol. The van der Waals surface area contributed by atoms with Gasteiger partial charge in [-0.25, -0.2) is 9.69 Å². The lowest BCUT2D eigenvalue weighted by atomic mass is 9.95. The van der Waals surface area contributed by atoms with Crippen molar-refractivity contribution in [2.24, 2.45) is 0 Å². The summed E-state index contributed by atoms with van der Waals surface area (Å²) in [6.45, 7) is 4.29. The van der Waals surface area contributed by atoms with Gasteiger partial charge in [0.15, 0.2) is 0 Å². The Labute approximate surface area is 187 Å². The first-order valence-electron chi connectivity index (χ1n) is 9.98.